The normalized spacial score (nSPS) is 16.8. The summed E-state index contributed by atoms with van der Waals surface area (Å²) in [6.45, 7) is 0. The molecule has 0 radical (unpaired) electrons. The van der Waals surface area contributed by atoms with E-state index in [4.69, 9.17) is 0 Å². The van der Waals surface area contributed by atoms with E-state index in [1.165, 1.54) is 25.0 Å². The molecular formula is C16H18FNO. The summed E-state index contributed by atoms with van der Waals surface area (Å²) in [6, 6.07) is 4.53. The summed E-state index contributed by atoms with van der Waals surface area (Å²) in [5.74, 6) is -0.328. The van der Waals surface area contributed by atoms with Gasteiger partial charge in [0.05, 0.1) is 0 Å². The molecule has 0 unspecified atom stereocenters. The number of carbonyl (C=O) groups excluding carboxylic acids is 1. The second-order valence-corrected chi connectivity index (χ2v) is 4.64. The molecular weight excluding hydrogens is 241 g/mol. The van der Waals surface area contributed by atoms with Gasteiger partial charge in [0.1, 0.15) is 5.82 Å². The molecule has 1 aliphatic carbocycles. The van der Waals surface area contributed by atoms with Gasteiger partial charge in [-0.25, -0.2) is 4.39 Å². The zero-order valence-electron chi connectivity index (χ0n) is 10.9. The maximum absolute atomic E-state index is 12.8. The van der Waals surface area contributed by atoms with Crippen molar-refractivity contribution < 1.29 is 9.18 Å². The SMILES string of the molecule is C1=CCCC=C1.O=C1CCCc2ccc(F)cc2N1. The Labute approximate surface area is 113 Å². The summed E-state index contributed by atoms with van der Waals surface area (Å²) in [6.07, 6.45) is 13.2. The maximum Gasteiger partial charge on any atom is 0.224 e. The van der Waals surface area contributed by atoms with Crippen LogP contribution >= 0.6 is 0 Å². The smallest absolute Gasteiger partial charge is 0.224 e. The number of halogens is 1. The van der Waals surface area contributed by atoms with Crippen LogP contribution in [-0.4, -0.2) is 5.91 Å². The molecule has 1 heterocycles. The lowest BCUT2D eigenvalue weighted by atomic mass is 10.1. The van der Waals surface area contributed by atoms with E-state index in [2.05, 4.69) is 29.6 Å². The third kappa shape index (κ3) is 4.36. The van der Waals surface area contributed by atoms with Gasteiger partial charge in [-0.05, 0) is 43.4 Å². The Morgan fingerprint density at radius 3 is 2.42 bits per heavy atom. The number of allylic oxidation sites excluding steroid dienone is 4. The summed E-state index contributed by atoms with van der Waals surface area (Å²) in [5, 5.41) is 2.68. The number of hydrogen-bond donors (Lipinski definition) is 1. The molecule has 1 aromatic rings. The van der Waals surface area contributed by atoms with Crippen LogP contribution in [0, 0.1) is 5.82 Å². The Balaban J connectivity index is 0.000000186. The summed E-state index contributed by atoms with van der Waals surface area (Å²) in [7, 11) is 0. The number of benzene rings is 1. The Kier molecular flexibility index (Phi) is 4.90. The van der Waals surface area contributed by atoms with Gasteiger partial charge in [-0.15, -0.1) is 0 Å². The highest BCUT2D eigenvalue weighted by atomic mass is 19.1. The van der Waals surface area contributed by atoms with Gasteiger partial charge in [0, 0.05) is 12.1 Å². The predicted octanol–water partition coefficient (Wildman–Crippen LogP) is 3.99. The van der Waals surface area contributed by atoms with Crippen LogP contribution in [0.4, 0.5) is 10.1 Å². The van der Waals surface area contributed by atoms with Crippen LogP contribution in [0.1, 0.15) is 31.2 Å². The molecule has 3 heteroatoms. The second kappa shape index (κ2) is 6.88. The van der Waals surface area contributed by atoms with Gasteiger partial charge >= 0.3 is 0 Å². The van der Waals surface area contributed by atoms with E-state index in [1.54, 1.807) is 6.07 Å². The first-order chi connectivity index (χ1) is 9.25. The molecule has 0 fully saturated rings. The van der Waals surface area contributed by atoms with Crippen molar-refractivity contribution in [2.24, 2.45) is 0 Å². The maximum atomic E-state index is 12.8. The standard InChI is InChI=1S/C10H10FNO.C6H8/c11-8-5-4-7-2-1-3-10(13)12-9(7)6-8;1-2-4-6-5-3-1/h4-6H,1-3H2,(H,12,13);1-4H,5-6H2. The number of carbonyl (C=O) groups is 1. The van der Waals surface area contributed by atoms with Gasteiger partial charge in [0.15, 0.2) is 0 Å². The lowest BCUT2D eigenvalue weighted by Gasteiger charge is -2.05. The molecule has 1 aromatic carbocycles. The van der Waals surface area contributed by atoms with E-state index in [9.17, 15) is 9.18 Å². The Bertz CT molecular complexity index is 493. The number of amides is 1. The average molecular weight is 259 g/mol. The molecule has 0 saturated carbocycles. The van der Waals surface area contributed by atoms with Crippen molar-refractivity contribution in [3.63, 3.8) is 0 Å². The van der Waals surface area contributed by atoms with E-state index in [0.717, 1.165) is 18.4 Å². The van der Waals surface area contributed by atoms with Gasteiger partial charge in [-0.2, -0.15) is 0 Å². The highest BCUT2D eigenvalue weighted by Gasteiger charge is 2.12. The lowest BCUT2D eigenvalue weighted by molar-refractivity contribution is -0.116. The zero-order valence-corrected chi connectivity index (χ0v) is 10.9. The topological polar surface area (TPSA) is 29.1 Å². The first kappa shape index (κ1) is 13.5. The Morgan fingerprint density at radius 1 is 1.05 bits per heavy atom. The first-order valence-electron chi connectivity index (χ1n) is 6.65. The van der Waals surface area contributed by atoms with Gasteiger partial charge in [0.2, 0.25) is 5.91 Å². The number of aryl methyl sites for hydroxylation is 1. The fraction of sp³-hybridized carbons (Fsp3) is 0.312. The van der Waals surface area contributed by atoms with E-state index >= 15 is 0 Å². The molecule has 2 nitrogen and oxygen atoms in total. The van der Waals surface area contributed by atoms with Crippen molar-refractivity contribution in [2.45, 2.75) is 32.1 Å². The predicted molar refractivity (Wildman–Crippen MR) is 75.5 cm³/mol. The van der Waals surface area contributed by atoms with E-state index in [-0.39, 0.29) is 11.7 Å². The van der Waals surface area contributed by atoms with Crippen LogP contribution in [0.5, 0.6) is 0 Å². The molecule has 100 valence electrons. The third-order valence-electron chi connectivity index (χ3n) is 3.08. The highest BCUT2D eigenvalue weighted by molar-refractivity contribution is 5.92. The first-order valence-corrected chi connectivity index (χ1v) is 6.65. The fourth-order valence-electron chi connectivity index (χ4n) is 2.08. The molecule has 0 aromatic heterocycles. The molecule has 0 saturated heterocycles. The summed E-state index contributed by atoms with van der Waals surface area (Å²) in [5.41, 5.74) is 1.65. The third-order valence-corrected chi connectivity index (χ3v) is 3.08. The highest BCUT2D eigenvalue weighted by Crippen LogP contribution is 2.22. The van der Waals surface area contributed by atoms with Crippen molar-refractivity contribution in [1.82, 2.24) is 0 Å². The van der Waals surface area contributed by atoms with Gasteiger partial charge in [0.25, 0.3) is 0 Å². The van der Waals surface area contributed by atoms with Crippen LogP contribution in [-0.2, 0) is 11.2 Å². The van der Waals surface area contributed by atoms with Gasteiger partial charge in [-0.1, -0.05) is 30.4 Å². The molecule has 1 amide bonds. The van der Waals surface area contributed by atoms with Crippen molar-refractivity contribution in [3.05, 3.63) is 53.9 Å². The molecule has 1 aliphatic heterocycles. The minimum atomic E-state index is -0.305. The largest absolute Gasteiger partial charge is 0.326 e. The quantitative estimate of drug-likeness (QED) is 0.749. The van der Waals surface area contributed by atoms with Crippen molar-refractivity contribution in [1.29, 1.82) is 0 Å². The van der Waals surface area contributed by atoms with Crippen LogP contribution < -0.4 is 5.32 Å². The van der Waals surface area contributed by atoms with E-state index < -0.39 is 0 Å². The van der Waals surface area contributed by atoms with Crippen LogP contribution in [0.2, 0.25) is 0 Å². The number of rotatable bonds is 0. The minimum Gasteiger partial charge on any atom is -0.326 e. The van der Waals surface area contributed by atoms with Gasteiger partial charge < -0.3 is 5.32 Å². The summed E-state index contributed by atoms with van der Waals surface area (Å²) < 4.78 is 12.8. The Hall–Kier alpha value is -1.90. The van der Waals surface area contributed by atoms with Crippen molar-refractivity contribution in [3.8, 4) is 0 Å². The van der Waals surface area contributed by atoms with E-state index in [0.29, 0.717) is 12.1 Å². The van der Waals surface area contributed by atoms with Gasteiger partial charge in [-0.3, -0.25) is 4.79 Å². The monoisotopic (exact) mass is 259 g/mol. The number of fused-ring (bicyclic) bond motifs is 1. The molecule has 3 rings (SSSR count). The fourth-order valence-corrected chi connectivity index (χ4v) is 2.08. The van der Waals surface area contributed by atoms with Crippen molar-refractivity contribution in [2.75, 3.05) is 5.32 Å². The molecule has 2 aliphatic rings. The number of nitrogens with one attached hydrogen (secondary N) is 1. The Morgan fingerprint density at radius 2 is 1.79 bits per heavy atom. The number of anilines is 1. The minimum absolute atomic E-state index is 0.0237. The molecule has 1 N–H and O–H groups in total. The average Bonchev–Trinajstić information content (AvgIpc) is 2.61. The van der Waals surface area contributed by atoms with Crippen LogP contribution in [0.15, 0.2) is 42.5 Å². The molecule has 0 spiro atoms. The van der Waals surface area contributed by atoms with E-state index in [1.807, 2.05) is 0 Å². The zero-order chi connectivity index (χ0) is 13.5. The summed E-state index contributed by atoms with van der Waals surface area (Å²) >= 11 is 0. The van der Waals surface area contributed by atoms with Crippen LogP contribution in [0.3, 0.4) is 0 Å². The molecule has 0 atom stereocenters. The lowest BCUT2D eigenvalue weighted by Crippen LogP contribution is -2.09. The molecule has 19 heavy (non-hydrogen) atoms. The van der Waals surface area contributed by atoms with Crippen LogP contribution in [0.25, 0.3) is 0 Å². The van der Waals surface area contributed by atoms with Crippen molar-refractivity contribution >= 4 is 11.6 Å². The number of hydrogen-bond acceptors (Lipinski definition) is 1. The second-order valence-electron chi connectivity index (χ2n) is 4.64. The summed E-state index contributed by atoms with van der Waals surface area (Å²) in [4.78, 5) is 11.1. The molecule has 0 bridgehead atoms.